The first-order valence-corrected chi connectivity index (χ1v) is 21.5. The molecule has 0 aliphatic rings. The predicted molar refractivity (Wildman–Crippen MR) is 321 cm³/mol. The monoisotopic (exact) mass is 1030 g/mol. The Balaban J connectivity index is 1.09. The van der Waals surface area contributed by atoms with Gasteiger partial charge in [0, 0.05) is 68.2 Å². The fourth-order valence-electron chi connectivity index (χ4n) is 6.78. The molecule has 0 amide bonds. The highest BCUT2D eigenvalue weighted by molar-refractivity contribution is 5.84. The number of para-hydroxylation sites is 6. The van der Waals surface area contributed by atoms with Gasteiger partial charge < -0.3 is 19.6 Å². The van der Waals surface area contributed by atoms with Gasteiger partial charge in [-0.25, -0.2) is 0 Å². The second-order valence-corrected chi connectivity index (χ2v) is 14.6. The zero-order valence-electron chi connectivity index (χ0n) is 90.9. The van der Waals surface area contributed by atoms with Gasteiger partial charge in [-0.2, -0.15) is 0 Å². The van der Waals surface area contributed by atoms with Crippen LogP contribution in [0.4, 0.5) is 68.2 Å². The van der Waals surface area contributed by atoms with Crippen LogP contribution in [0, 0.1) is 0 Å². The van der Waals surface area contributed by atoms with Gasteiger partial charge in [0.2, 0.25) is 0 Å². The lowest BCUT2D eigenvalue weighted by atomic mass is 10.0. The van der Waals surface area contributed by atoms with Gasteiger partial charge in [-0.3, -0.25) is 0 Å². The Kier molecular flexibility index (Phi) is 4.73. The molecule has 12 rings (SSSR count). The smallest absolute Gasteiger partial charge is 0.0645 e. The van der Waals surface area contributed by atoms with E-state index in [2.05, 4.69) is 0 Å². The normalized spacial score (nSPS) is 20.7. The van der Waals surface area contributed by atoms with Crippen LogP contribution in [-0.4, -0.2) is 0 Å². The van der Waals surface area contributed by atoms with Gasteiger partial charge in [-0.15, -0.1) is 0 Å². The number of rotatable bonds is 15. The molecule has 0 radical (unpaired) electrons. The van der Waals surface area contributed by atoms with Gasteiger partial charge in [-0.1, -0.05) is 181 Å². The SMILES string of the molecule is [2H]c1cc(N(c2c([2H])c([2H])c([2H])c([2H])c2[2H])c2c([2H])c([2H])c(-c3c([2H])c([2H])c(N(c4c([2H])c([2H])c([2H])c([2H])c4[2H])c4c([2H])c([2H])c(-c5c([2H])c([2H])c(N(c6c([2H])c([2H])c([2H])c([2H])c6[2H])c6c([2H])c([2H])c(-c7c([2H])c([2H])c(N(c8c([2H])c([2H])c([2H])c([2H])c8[2H])c8c([2H])c([2H])c([2H])c([2H])c8[2H])c([2H])c7[2H])c([2H])c6[2H])c([2H])c5[2H])c([2H])c4[2H])c([2H])c3[2H])c([2H])c2[2H])c([2H])c([2H])c1[2H]. The summed E-state index contributed by atoms with van der Waals surface area (Å²) in [5.41, 5.74) is -21.8. The molecule has 362 valence electrons. The Bertz CT molecular complexity index is 6680. The standard InChI is InChI=1S/C72H54N4/c1-7-19-61(20-8-1)73(62-21-9-2-10-22-62)67-43-31-55(32-44-67)57-35-47-69(48-36-57)75(65-27-15-5-16-28-65)71-51-39-59(40-52-71)60-41-53-72(54-42-60)76(66-29-17-6-18-30-66)70-49-37-58(38-50-70)56-33-45-68(46-34-56)74(63-23-11-3-12-24-63)64-25-13-4-14-26-64/h1-54H/i1D,2D,3D,4D,5D,6D,7D,8D,9D,10D,11D,12D,13D,14D,15D,16D,17D,18D,19D,20D,21D,22D,23D,24D,25D,27D,28D,29D,30D,31D,32D,33D,34D,35D,36D,37D,38D,39D,40D,41D,42D,43D,44D,45D,46D,47D,48D,49D,50D,51D,52D,53D,54D. The van der Waals surface area contributed by atoms with Gasteiger partial charge in [-0.05, 0) is 178 Å². The van der Waals surface area contributed by atoms with Crippen LogP contribution in [0.1, 0.15) is 72.7 Å². The lowest BCUT2D eigenvalue weighted by Gasteiger charge is -2.26. The Labute approximate surface area is 521 Å². The Morgan fingerprint density at radius 1 is 0.145 bits per heavy atom. The maximum absolute atomic E-state index is 9.74. The third-order valence-electron chi connectivity index (χ3n) is 10.1. The lowest BCUT2D eigenvalue weighted by molar-refractivity contribution is 1.28. The Morgan fingerprint density at radius 3 is 0.487 bits per heavy atom. The molecule has 0 spiro atoms. The van der Waals surface area contributed by atoms with Gasteiger partial charge in [0.05, 0.1) is 72.7 Å². The fourth-order valence-corrected chi connectivity index (χ4v) is 6.78. The van der Waals surface area contributed by atoms with E-state index in [0.717, 1.165) is 0 Å². The molecule has 0 aromatic heterocycles. The van der Waals surface area contributed by atoms with Crippen molar-refractivity contribution < 1.29 is 72.7 Å². The first-order valence-electron chi connectivity index (χ1n) is 48.0. The molecule has 0 N–H and O–H groups in total. The Morgan fingerprint density at radius 2 is 0.289 bits per heavy atom. The average molecular weight is 1030 g/mol. The van der Waals surface area contributed by atoms with Crippen LogP contribution in [0.2, 0.25) is 0 Å². The molecule has 4 heteroatoms. The van der Waals surface area contributed by atoms with E-state index in [1.807, 2.05) is 0 Å². The molecule has 0 saturated carbocycles. The molecular weight excluding hydrogens is 921 g/mol. The summed E-state index contributed by atoms with van der Waals surface area (Å²) >= 11 is 0. The minimum Gasteiger partial charge on any atom is -0.311 e. The first kappa shape index (κ1) is 16.4. The average Bonchev–Trinajstić information content (AvgIpc) is 0.700. The molecule has 12 aromatic rings. The van der Waals surface area contributed by atoms with Gasteiger partial charge in [0.25, 0.3) is 0 Å². The molecule has 0 saturated heterocycles. The van der Waals surface area contributed by atoms with Gasteiger partial charge in [0.15, 0.2) is 0 Å². The molecule has 0 heterocycles. The maximum Gasteiger partial charge on any atom is 0.0645 e. The number of hydrogen-bond acceptors (Lipinski definition) is 4. The van der Waals surface area contributed by atoms with E-state index in [9.17, 15) is 38.4 Å². The third-order valence-corrected chi connectivity index (χ3v) is 10.1. The molecule has 76 heavy (non-hydrogen) atoms. The third kappa shape index (κ3) is 10.1. The molecule has 0 fully saturated rings. The van der Waals surface area contributed by atoms with Crippen LogP contribution in [0.25, 0.3) is 33.4 Å². The highest BCUT2D eigenvalue weighted by Crippen LogP contribution is 2.41. The summed E-state index contributed by atoms with van der Waals surface area (Å²) in [4.78, 5) is 0.924. The second-order valence-electron chi connectivity index (χ2n) is 14.6. The van der Waals surface area contributed by atoms with E-state index in [1.165, 1.54) is 0 Å². The summed E-state index contributed by atoms with van der Waals surface area (Å²) in [7, 11) is 0. The largest absolute Gasteiger partial charge is 0.311 e. The van der Waals surface area contributed by atoms with Crippen LogP contribution in [0.5, 0.6) is 0 Å². The highest BCUT2D eigenvalue weighted by Gasteiger charge is 2.18. The van der Waals surface area contributed by atoms with Crippen LogP contribution in [-0.2, 0) is 0 Å². The summed E-state index contributed by atoms with van der Waals surface area (Å²) < 4.78 is 482. The Hall–Kier alpha value is -10.2. The van der Waals surface area contributed by atoms with E-state index in [1.54, 1.807) is 0 Å². The number of benzene rings is 12. The van der Waals surface area contributed by atoms with Gasteiger partial charge >= 0.3 is 0 Å². The maximum atomic E-state index is 9.74. The van der Waals surface area contributed by atoms with Gasteiger partial charge in [0.1, 0.15) is 0 Å². The van der Waals surface area contributed by atoms with Crippen molar-refractivity contribution in [2.45, 2.75) is 0 Å². The van der Waals surface area contributed by atoms with Crippen LogP contribution in [0.3, 0.4) is 0 Å². The van der Waals surface area contributed by atoms with E-state index >= 15 is 0 Å². The predicted octanol–water partition coefficient (Wildman–Crippen LogP) is 20.6. The topological polar surface area (TPSA) is 13.0 Å². The van der Waals surface area contributed by atoms with E-state index in [-0.39, 0.29) is 14.7 Å². The molecule has 0 bridgehead atoms. The van der Waals surface area contributed by atoms with Crippen molar-refractivity contribution in [1.82, 2.24) is 0 Å². The summed E-state index contributed by atoms with van der Waals surface area (Å²) in [6, 6.07) is -67.4. The van der Waals surface area contributed by atoms with Crippen LogP contribution >= 0.6 is 0 Å². The molecule has 0 aliphatic heterocycles. The number of nitrogens with zero attached hydrogens (tertiary/aromatic N) is 4. The zero-order chi connectivity index (χ0) is 97.0. The fraction of sp³-hybridized carbons (Fsp3) is 0. The molecule has 0 atom stereocenters. The summed E-state index contributed by atoms with van der Waals surface area (Å²) in [5.74, 6) is 0. The number of hydrogen-bond donors (Lipinski definition) is 0. The van der Waals surface area contributed by atoms with Crippen molar-refractivity contribution in [2.24, 2.45) is 0 Å². The molecule has 0 unspecified atom stereocenters. The van der Waals surface area contributed by atoms with Crippen molar-refractivity contribution in [2.75, 3.05) is 19.6 Å². The number of anilines is 12. The van der Waals surface area contributed by atoms with Crippen molar-refractivity contribution in [3.8, 4) is 33.4 Å². The molecular formula is C72H54N4. The molecule has 0 aliphatic carbocycles. The minimum absolute atomic E-state index is 0.120. The van der Waals surface area contributed by atoms with E-state index in [0.29, 0.717) is 11.0 Å². The van der Waals surface area contributed by atoms with Crippen LogP contribution < -0.4 is 19.6 Å². The van der Waals surface area contributed by atoms with Crippen molar-refractivity contribution >= 4 is 68.2 Å². The zero-order valence-corrected chi connectivity index (χ0v) is 37.9. The highest BCUT2D eigenvalue weighted by atomic mass is 15.2. The van der Waals surface area contributed by atoms with E-state index < -0.39 is 422 Å². The lowest BCUT2D eigenvalue weighted by Crippen LogP contribution is -2.10. The van der Waals surface area contributed by atoms with Crippen molar-refractivity contribution in [1.29, 1.82) is 0 Å². The van der Waals surface area contributed by atoms with E-state index in [4.69, 9.17) is 34.3 Å². The summed E-state index contributed by atoms with van der Waals surface area (Å²) in [5, 5.41) is 0. The molecule has 4 nitrogen and oxygen atoms in total. The summed E-state index contributed by atoms with van der Waals surface area (Å²) in [6.07, 6.45) is 0. The van der Waals surface area contributed by atoms with Crippen LogP contribution in [0.15, 0.2) is 326 Å². The van der Waals surface area contributed by atoms with Crippen molar-refractivity contribution in [3.05, 3.63) is 326 Å². The minimum atomic E-state index is -1.54. The second kappa shape index (κ2) is 21.9. The summed E-state index contributed by atoms with van der Waals surface area (Å²) in [6.45, 7) is 0. The van der Waals surface area contributed by atoms with Crippen molar-refractivity contribution in [3.63, 3.8) is 0 Å². The molecule has 12 aromatic carbocycles. The quantitative estimate of drug-likeness (QED) is 0.101. The first-order chi connectivity index (χ1) is 59.7.